The van der Waals surface area contributed by atoms with Gasteiger partial charge in [0.2, 0.25) is 10.9 Å². The Kier molecular flexibility index (Phi) is 8.44. The monoisotopic (exact) mass is 476 g/mol. The normalized spacial score (nSPS) is 11.9. The number of rotatable bonds is 10. The summed E-state index contributed by atoms with van der Waals surface area (Å²) >= 11 is 4.33. The number of amides is 2. The average molecular weight is 477 g/mol. The molecule has 0 saturated carbocycles. The quantitative estimate of drug-likeness (QED) is 0.444. The first-order valence-corrected chi connectivity index (χ1v) is 12.5. The Balaban J connectivity index is 1.46. The molecule has 0 unspecified atom stereocenters. The minimum atomic E-state index is -0.313. The number of hydrogen-bond acceptors (Lipinski definition) is 8. The van der Waals surface area contributed by atoms with Crippen LogP contribution in [0.15, 0.2) is 41.8 Å². The van der Waals surface area contributed by atoms with E-state index in [1.165, 1.54) is 23.1 Å². The molecule has 0 saturated heterocycles. The van der Waals surface area contributed by atoms with Crippen molar-refractivity contribution in [2.24, 2.45) is 5.92 Å². The smallest absolute Gasteiger partial charge is 0.286 e. The van der Waals surface area contributed by atoms with Gasteiger partial charge in [0.25, 0.3) is 5.91 Å². The first-order chi connectivity index (χ1) is 15.0. The summed E-state index contributed by atoms with van der Waals surface area (Å²) in [7, 11) is 1.59. The lowest BCUT2D eigenvalue weighted by Crippen LogP contribution is -2.32. The Morgan fingerprint density at radius 2 is 1.94 bits per heavy atom. The molecule has 0 radical (unpaired) electrons. The summed E-state index contributed by atoms with van der Waals surface area (Å²) in [6.45, 7) is 4.19. The number of nitrogens with one attached hydrogen (secondary N) is 2. The number of nitrogens with zero attached hydrogens (tertiary/aromatic N) is 2. The summed E-state index contributed by atoms with van der Waals surface area (Å²) in [5.74, 6) is 1.54. The van der Waals surface area contributed by atoms with Crippen LogP contribution in [0.4, 0.5) is 5.69 Å². The van der Waals surface area contributed by atoms with E-state index in [1.54, 1.807) is 42.7 Å². The van der Waals surface area contributed by atoms with E-state index in [-0.39, 0.29) is 22.9 Å². The van der Waals surface area contributed by atoms with Crippen molar-refractivity contribution < 1.29 is 14.3 Å². The highest BCUT2D eigenvalue weighted by Crippen LogP contribution is 2.26. The van der Waals surface area contributed by atoms with Crippen molar-refractivity contribution >= 4 is 51.9 Å². The van der Waals surface area contributed by atoms with Crippen LogP contribution in [-0.2, 0) is 10.5 Å². The van der Waals surface area contributed by atoms with Crippen LogP contribution in [0, 0.1) is 5.92 Å². The predicted octanol–water partition coefficient (Wildman–Crippen LogP) is 4.61. The molecule has 0 aliphatic rings. The third kappa shape index (κ3) is 6.78. The van der Waals surface area contributed by atoms with Gasteiger partial charge in [0.05, 0.1) is 18.9 Å². The van der Waals surface area contributed by atoms with Crippen LogP contribution in [0.1, 0.15) is 39.6 Å². The number of ether oxygens (including phenoxy) is 1. The van der Waals surface area contributed by atoms with Crippen molar-refractivity contribution in [1.29, 1.82) is 0 Å². The predicted molar refractivity (Wildman–Crippen MR) is 127 cm³/mol. The number of thioether (sulfide) groups is 1. The van der Waals surface area contributed by atoms with Crippen molar-refractivity contribution in [3.05, 3.63) is 56.7 Å². The van der Waals surface area contributed by atoms with E-state index in [0.717, 1.165) is 4.88 Å². The van der Waals surface area contributed by atoms with Crippen molar-refractivity contribution in [2.45, 2.75) is 25.6 Å². The maximum Gasteiger partial charge on any atom is 0.286 e. The maximum absolute atomic E-state index is 12.4. The van der Waals surface area contributed by atoms with Gasteiger partial charge in [-0.3, -0.25) is 9.59 Å². The van der Waals surface area contributed by atoms with Crippen LogP contribution < -0.4 is 15.4 Å². The third-order valence-corrected chi connectivity index (χ3v) is 7.30. The second-order valence-electron chi connectivity index (χ2n) is 6.98. The number of hydrogen-bond donors (Lipinski definition) is 2. The summed E-state index contributed by atoms with van der Waals surface area (Å²) < 4.78 is 5.10. The molecule has 31 heavy (non-hydrogen) atoms. The average Bonchev–Trinajstić information content (AvgIpc) is 3.45. The van der Waals surface area contributed by atoms with Crippen LogP contribution in [-0.4, -0.2) is 34.9 Å². The molecule has 1 aromatic carbocycles. The summed E-state index contributed by atoms with van der Waals surface area (Å²) in [6, 6.07) is 11.1. The van der Waals surface area contributed by atoms with Gasteiger partial charge < -0.3 is 15.4 Å². The van der Waals surface area contributed by atoms with Crippen LogP contribution in [0.5, 0.6) is 5.75 Å². The van der Waals surface area contributed by atoms with Gasteiger partial charge >= 0.3 is 0 Å². The lowest BCUT2D eigenvalue weighted by atomic mass is 10.0. The van der Waals surface area contributed by atoms with Crippen molar-refractivity contribution in [3.8, 4) is 5.75 Å². The molecule has 0 aliphatic heterocycles. The zero-order valence-corrected chi connectivity index (χ0v) is 19.9. The molecule has 7 nitrogen and oxygen atoms in total. The Labute approximate surface area is 193 Å². The van der Waals surface area contributed by atoms with Gasteiger partial charge in [-0.15, -0.1) is 33.3 Å². The van der Waals surface area contributed by atoms with Crippen molar-refractivity contribution in [2.75, 3.05) is 18.2 Å². The molecule has 0 aliphatic carbocycles. The molecule has 2 aromatic heterocycles. The molecular weight excluding hydrogens is 452 g/mol. The molecule has 2 heterocycles. The SMILES string of the molecule is COc1ccc(NC(=O)c2nnc(CSCC(=O)N[C@H](c3cccs3)C(C)C)s2)cc1. The summed E-state index contributed by atoms with van der Waals surface area (Å²) in [4.78, 5) is 25.9. The number of carbonyl (C=O) groups is 2. The lowest BCUT2D eigenvalue weighted by Gasteiger charge is -2.21. The van der Waals surface area contributed by atoms with E-state index in [2.05, 4.69) is 34.7 Å². The van der Waals surface area contributed by atoms with E-state index in [0.29, 0.717) is 33.9 Å². The largest absolute Gasteiger partial charge is 0.497 e. The Bertz CT molecular complexity index is 988. The number of aromatic nitrogens is 2. The molecule has 0 spiro atoms. The second-order valence-corrected chi connectivity index (χ2v) is 10.0. The van der Waals surface area contributed by atoms with Gasteiger partial charge in [-0.1, -0.05) is 31.3 Å². The first kappa shape index (κ1) is 23.2. The highest BCUT2D eigenvalue weighted by atomic mass is 32.2. The molecule has 164 valence electrons. The second kappa shape index (κ2) is 11.3. The van der Waals surface area contributed by atoms with Gasteiger partial charge in [0, 0.05) is 16.3 Å². The standard InChI is InChI=1S/C21H24N4O3S3/c1-13(2)19(16-5-4-10-30-16)23-17(26)11-29-12-18-24-25-21(31-18)20(27)22-14-6-8-15(28-3)9-7-14/h4-10,13,19H,11-12H2,1-3H3,(H,22,27)(H,23,26)/t19-/m0/s1. The van der Waals surface area contributed by atoms with E-state index >= 15 is 0 Å². The number of anilines is 1. The molecule has 2 amide bonds. The fourth-order valence-electron chi connectivity index (χ4n) is 2.74. The van der Waals surface area contributed by atoms with Crippen LogP contribution in [0.2, 0.25) is 0 Å². The zero-order valence-electron chi connectivity index (χ0n) is 17.5. The van der Waals surface area contributed by atoms with Gasteiger partial charge in [-0.25, -0.2) is 0 Å². The number of thiophene rings is 1. The minimum absolute atomic E-state index is 0.0147. The van der Waals surface area contributed by atoms with Gasteiger partial charge in [-0.05, 0) is 41.6 Å². The van der Waals surface area contributed by atoms with Gasteiger partial charge in [0.15, 0.2) is 0 Å². The minimum Gasteiger partial charge on any atom is -0.497 e. The lowest BCUT2D eigenvalue weighted by molar-refractivity contribution is -0.119. The number of benzene rings is 1. The Morgan fingerprint density at radius 3 is 2.58 bits per heavy atom. The van der Waals surface area contributed by atoms with E-state index < -0.39 is 0 Å². The van der Waals surface area contributed by atoms with Gasteiger partial charge in [0.1, 0.15) is 10.8 Å². The molecule has 3 aromatic rings. The van der Waals surface area contributed by atoms with E-state index in [1.807, 2.05) is 17.5 Å². The molecule has 1 atom stereocenters. The Hall–Kier alpha value is -2.43. The van der Waals surface area contributed by atoms with Crippen LogP contribution in [0.25, 0.3) is 0 Å². The first-order valence-electron chi connectivity index (χ1n) is 9.64. The summed E-state index contributed by atoms with van der Waals surface area (Å²) in [5.41, 5.74) is 0.652. The fraction of sp³-hybridized carbons (Fsp3) is 0.333. The van der Waals surface area contributed by atoms with Crippen molar-refractivity contribution in [1.82, 2.24) is 15.5 Å². The number of methoxy groups -OCH3 is 1. The molecule has 3 rings (SSSR count). The van der Waals surface area contributed by atoms with Crippen LogP contribution >= 0.6 is 34.4 Å². The highest BCUT2D eigenvalue weighted by Gasteiger charge is 2.19. The van der Waals surface area contributed by atoms with E-state index in [4.69, 9.17) is 4.74 Å². The van der Waals surface area contributed by atoms with Crippen LogP contribution in [0.3, 0.4) is 0 Å². The molecule has 2 N–H and O–H groups in total. The summed E-state index contributed by atoms with van der Waals surface area (Å²) in [6.07, 6.45) is 0. The number of carbonyl (C=O) groups excluding carboxylic acids is 2. The topological polar surface area (TPSA) is 93.2 Å². The summed E-state index contributed by atoms with van der Waals surface area (Å²) in [5, 5.41) is 16.9. The third-order valence-electron chi connectivity index (χ3n) is 4.30. The Morgan fingerprint density at radius 1 is 1.16 bits per heavy atom. The maximum atomic E-state index is 12.4. The molecule has 0 bridgehead atoms. The molecule has 10 heteroatoms. The molecule has 0 fully saturated rings. The van der Waals surface area contributed by atoms with E-state index in [9.17, 15) is 9.59 Å². The zero-order chi connectivity index (χ0) is 22.2. The van der Waals surface area contributed by atoms with Crippen molar-refractivity contribution in [3.63, 3.8) is 0 Å². The van der Waals surface area contributed by atoms with Gasteiger partial charge in [-0.2, -0.15) is 0 Å². The highest BCUT2D eigenvalue weighted by molar-refractivity contribution is 7.99. The fourth-order valence-corrected chi connectivity index (χ4v) is 5.31. The molecular formula is C21H24N4O3S3.